The van der Waals surface area contributed by atoms with Crippen LogP contribution >= 0.6 is 11.6 Å². The molecule has 6 nitrogen and oxygen atoms in total. The fourth-order valence-electron chi connectivity index (χ4n) is 3.57. The van der Waals surface area contributed by atoms with Crippen LogP contribution in [0.15, 0.2) is 24.3 Å². The van der Waals surface area contributed by atoms with E-state index in [1.807, 2.05) is 49.9 Å². The van der Waals surface area contributed by atoms with Gasteiger partial charge in [-0.15, -0.1) is 0 Å². The Labute approximate surface area is 165 Å². The van der Waals surface area contributed by atoms with Gasteiger partial charge in [-0.1, -0.05) is 25.1 Å². The summed E-state index contributed by atoms with van der Waals surface area (Å²) in [5.74, 6) is 0. The minimum absolute atomic E-state index is 0.0531. The van der Waals surface area contributed by atoms with Crippen LogP contribution in [0.1, 0.15) is 52.3 Å². The van der Waals surface area contributed by atoms with Crippen LogP contribution in [0.25, 0.3) is 10.9 Å². The van der Waals surface area contributed by atoms with Gasteiger partial charge in [-0.05, 0) is 57.8 Å². The third-order valence-corrected chi connectivity index (χ3v) is 4.84. The molecule has 2 heterocycles. The zero-order chi connectivity index (χ0) is 19.6. The molecule has 0 aliphatic carbocycles. The first-order valence-corrected chi connectivity index (χ1v) is 9.82. The van der Waals surface area contributed by atoms with E-state index in [-0.39, 0.29) is 23.5 Å². The first-order chi connectivity index (χ1) is 12.8. The van der Waals surface area contributed by atoms with Gasteiger partial charge in [0.1, 0.15) is 5.60 Å². The number of nitrogens with one attached hydrogen (secondary N) is 1. The van der Waals surface area contributed by atoms with E-state index in [0.717, 1.165) is 36.1 Å². The van der Waals surface area contributed by atoms with Gasteiger partial charge in [0.05, 0.1) is 17.3 Å². The molecule has 1 aliphatic rings. The molecule has 7 heteroatoms. The lowest BCUT2D eigenvalue weighted by Gasteiger charge is -2.37. The van der Waals surface area contributed by atoms with Crippen LogP contribution in [0.3, 0.4) is 0 Å². The molecular weight excluding hydrogens is 364 g/mol. The van der Waals surface area contributed by atoms with Crippen molar-refractivity contribution in [2.45, 2.75) is 58.2 Å². The minimum atomic E-state index is -0.564. The van der Waals surface area contributed by atoms with E-state index in [1.165, 1.54) is 0 Å². The molecule has 1 unspecified atom stereocenters. The number of fused-ring (bicyclic) bond motifs is 1. The lowest BCUT2D eigenvalue weighted by Crippen LogP contribution is -2.46. The Hall–Kier alpha value is -1.92. The number of carbonyl (C=O) groups excluding carboxylic acids is 1. The molecule has 3 rings (SSSR count). The first kappa shape index (κ1) is 19.8. The Balaban J connectivity index is 2.07. The number of hydrogen-bond donors (Lipinski definition) is 1. The lowest BCUT2D eigenvalue weighted by molar-refractivity contribution is 0.00545. The highest BCUT2D eigenvalue weighted by Gasteiger charge is 2.37. The van der Waals surface area contributed by atoms with Crippen molar-refractivity contribution in [2.75, 3.05) is 13.1 Å². The van der Waals surface area contributed by atoms with Gasteiger partial charge in [-0.2, -0.15) is 0 Å². The molecule has 1 amide bonds. The largest absolute Gasteiger partial charge is 0.444 e. The number of hydrogen-bond acceptors (Lipinski definition) is 5. The van der Waals surface area contributed by atoms with E-state index in [0.29, 0.717) is 6.42 Å². The highest BCUT2D eigenvalue weighted by molar-refractivity contribution is 6.28. The Morgan fingerprint density at radius 3 is 2.74 bits per heavy atom. The third-order valence-electron chi connectivity index (χ3n) is 4.68. The summed E-state index contributed by atoms with van der Waals surface area (Å²) in [7, 11) is 0. The molecule has 1 aliphatic heterocycles. The second-order valence-corrected chi connectivity index (χ2v) is 8.19. The van der Waals surface area contributed by atoms with E-state index in [2.05, 4.69) is 22.2 Å². The quantitative estimate of drug-likeness (QED) is 0.787. The van der Waals surface area contributed by atoms with Crippen LogP contribution in [0, 0.1) is 0 Å². The molecule has 1 aromatic heterocycles. The number of rotatable bonds is 4. The molecule has 1 aromatic carbocycles. The van der Waals surface area contributed by atoms with Crippen molar-refractivity contribution in [2.24, 2.45) is 0 Å². The Bertz CT molecular complexity index is 815. The number of halogens is 1. The summed E-state index contributed by atoms with van der Waals surface area (Å²) in [6.45, 7) is 9.32. The van der Waals surface area contributed by atoms with Crippen molar-refractivity contribution in [1.82, 2.24) is 20.2 Å². The monoisotopic (exact) mass is 390 g/mol. The van der Waals surface area contributed by atoms with Crippen LogP contribution < -0.4 is 5.32 Å². The summed E-state index contributed by atoms with van der Waals surface area (Å²) in [5, 5.41) is 4.44. The number of para-hydroxylation sites is 1. The first-order valence-electron chi connectivity index (χ1n) is 9.44. The van der Waals surface area contributed by atoms with Crippen LogP contribution in [0.5, 0.6) is 0 Å². The van der Waals surface area contributed by atoms with E-state index < -0.39 is 5.60 Å². The summed E-state index contributed by atoms with van der Waals surface area (Å²) in [4.78, 5) is 23.8. The van der Waals surface area contributed by atoms with Crippen molar-refractivity contribution >= 4 is 28.6 Å². The highest BCUT2D eigenvalue weighted by atomic mass is 35.5. The van der Waals surface area contributed by atoms with Gasteiger partial charge in [0.2, 0.25) is 5.28 Å². The molecule has 0 saturated carbocycles. The van der Waals surface area contributed by atoms with Crippen LogP contribution in [0.2, 0.25) is 5.28 Å². The van der Waals surface area contributed by atoms with Gasteiger partial charge in [-0.3, -0.25) is 4.90 Å². The zero-order valence-corrected chi connectivity index (χ0v) is 17.1. The number of ether oxygens (including phenoxy) is 1. The Kier molecular flexibility index (Phi) is 5.86. The summed E-state index contributed by atoms with van der Waals surface area (Å²) in [6.07, 6.45) is 1.27. The highest BCUT2D eigenvalue weighted by Crippen LogP contribution is 2.33. The Morgan fingerprint density at radius 2 is 2.11 bits per heavy atom. The molecule has 1 fully saturated rings. The van der Waals surface area contributed by atoms with E-state index in [9.17, 15) is 4.79 Å². The molecule has 146 valence electrons. The van der Waals surface area contributed by atoms with E-state index >= 15 is 0 Å². The molecule has 2 aromatic rings. The van der Waals surface area contributed by atoms with E-state index in [4.69, 9.17) is 16.3 Å². The topological polar surface area (TPSA) is 67.4 Å². The van der Waals surface area contributed by atoms with Crippen molar-refractivity contribution in [3.05, 3.63) is 35.2 Å². The second kappa shape index (κ2) is 7.98. The fourth-order valence-corrected chi connectivity index (χ4v) is 3.75. The standard InChI is InChI=1S/C20H27ClN4O2/c1-5-16(17-14-8-6-7-9-15(14)23-18(21)24-17)25(13-10-11-22-12-13)19(26)27-20(2,3)4/h6-9,13,16,22H,5,10-12H2,1-4H3/t13?,16-/m0/s1. The van der Waals surface area contributed by atoms with Gasteiger partial charge in [0.25, 0.3) is 0 Å². The molecule has 2 atom stereocenters. The lowest BCUT2D eigenvalue weighted by atomic mass is 10.0. The van der Waals surface area contributed by atoms with Gasteiger partial charge < -0.3 is 10.1 Å². The average molecular weight is 391 g/mol. The summed E-state index contributed by atoms with van der Waals surface area (Å²) in [5.41, 5.74) is 0.982. The normalized spacial score (nSPS) is 18.5. The summed E-state index contributed by atoms with van der Waals surface area (Å²) >= 11 is 6.21. The number of amides is 1. The van der Waals surface area contributed by atoms with Crippen LogP contribution in [-0.4, -0.2) is 45.7 Å². The van der Waals surface area contributed by atoms with E-state index in [1.54, 1.807) is 0 Å². The maximum absolute atomic E-state index is 13.1. The van der Waals surface area contributed by atoms with Crippen LogP contribution in [-0.2, 0) is 4.74 Å². The molecule has 0 bridgehead atoms. The molecule has 0 spiro atoms. The van der Waals surface area contributed by atoms with Crippen molar-refractivity contribution in [3.8, 4) is 0 Å². The smallest absolute Gasteiger partial charge is 0.411 e. The minimum Gasteiger partial charge on any atom is -0.444 e. The van der Waals surface area contributed by atoms with Gasteiger partial charge in [-0.25, -0.2) is 14.8 Å². The van der Waals surface area contributed by atoms with Gasteiger partial charge in [0.15, 0.2) is 0 Å². The third kappa shape index (κ3) is 4.50. The number of benzene rings is 1. The fraction of sp³-hybridized carbons (Fsp3) is 0.550. The second-order valence-electron chi connectivity index (χ2n) is 7.85. The zero-order valence-electron chi connectivity index (χ0n) is 16.3. The van der Waals surface area contributed by atoms with Crippen LogP contribution in [0.4, 0.5) is 4.79 Å². The summed E-state index contributed by atoms with van der Waals surface area (Å²) in [6, 6.07) is 7.57. The predicted octanol–water partition coefficient (Wildman–Crippen LogP) is 4.33. The van der Waals surface area contributed by atoms with Crippen molar-refractivity contribution in [3.63, 3.8) is 0 Å². The van der Waals surface area contributed by atoms with Gasteiger partial charge >= 0.3 is 6.09 Å². The maximum atomic E-state index is 13.1. The number of nitrogens with zero attached hydrogens (tertiary/aromatic N) is 3. The number of aromatic nitrogens is 2. The maximum Gasteiger partial charge on any atom is 0.411 e. The SMILES string of the molecule is CC[C@@H](c1nc(Cl)nc2ccccc12)N(C(=O)OC(C)(C)C)C1CCNC1. The van der Waals surface area contributed by atoms with Crippen molar-refractivity contribution in [1.29, 1.82) is 0 Å². The molecule has 27 heavy (non-hydrogen) atoms. The molecule has 1 N–H and O–H groups in total. The predicted molar refractivity (Wildman–Crippen MR) is 107 cm³/mol. The van der Waals surface area contributed by atoms with Crippen molar-refractivity contribution < 1.29 is 9.53 Å². The molecular formula is C20H27ClN4O2. The number of carbonyl (C=O) groups is 1. The van der Waals surface area contributed by atoms with Gasteiger partial charge in [0, 0.05) is 18.0 Å². The molecule has 1 saturated heterocycles. The average Bonchev–Trinajstić information content (AvgIpc) is 3.11. The molecule has 0 radical (unpaired) electrons. The Morgan fingerprint density at radius 1 is 1.37 bits per heavy atom. The summed E-state index contributed by atoms with van der Waals surface area (Å²) < 4.78 is 5.74.